The van der Waals surface area contributed by atoms with Gasteiger partial charge in [0.2, 0.25) is 5.91 Å². The SMILES string of the molecule is CC(C)(CC(N)=O)NC(=O)c1cncc(O)c1. The Hall–Kier alpha value is -2.11. The molecule has 1 aromatic heterocycles. The predicted octanol–water partition coefficient (Wildman–Crippen LogP) is 0.171. The molecule has 6 heteroatoms. The van der Waals surface area contributed by atoms with Crippen LogP contribution in [0.5, 0.6) is 5.75 Å². The summed E-state index contributed by atoms with van der Waals surface area (Å²) in [7, 11) is 0. The Labute approximate surface area is 98.8 Å². The van der Waals surface area contributed by atoms with E-state index in [0.717, 1.165) is 0 Å². The van der Waals surface area contributed by atoms with Gasteiger partial charge >= 0.3 is 0 Å². The van der Waals surface area contributed by atoms with Crippen molar-refractivity contribution in [3.05, 3.63) is 24.0 Å². The van der Waals surface area contributed by atoms with Crippen molar-refractivity contribution in [2.75, 3.05) is 0 Å². The van der Waals surface area contributed by atoms with Crippen LogP contribution in [0.15, 0.2) is 18.5 Å². The first-order valence-corrected chi connectivity index (χ1v) is 5.05. The number of aromatic hydroxyl groups is 1. The minimum absolute atomic E-state index is 0.0327. The Morgan fingerprint density at radius 1 is 1.47 bits per heavy atom. The number of carbonyl (C=O) groups is 2. The first-order chi connectivity index (χ1) is 7.80. The van der Waals surface area contributed by atoms with Crippen LogP contribution < -0.4 is 11.1 Å². The molecule has 0 saturated carbocycles. The van der Waals surface area contributed by atoms with E-state index in [1.807, 2.05) is 0 Å². The summed E-state index contributed by atoms with van der Waals surface area (Å²) in [6.07, 6.45) is 2.59. The Morgan fingerprint density at radius 3 is 2.65 bits per heavy atom. The Balaban J connectivity index is 2.75. The van der Waals surface area contributed by atoms with Gasteiger partial charge in [-0.1, -0.05) is 0 Å². The van der Waals surface area contributed by atoms with E-state index in [-0.39, 0.29) is 17.7 Å². The van der Waals surface area contributed by atoms with Gasteiger partial charge in [0, 0.05) is 18.2 Å². The maximum absolute atomic E-state index is 11.8. The molecule has 2 amide bonds. The van der Waals surface area contributed by atoms with Gasteiger partial charge in [-0.25, -0.2) is 0 Å². The third-order valence-corrected chi connectivity index (χ3v) is 2.05. The maximum atomic E-state index is 11.8. The zero-order chi connectivity index (χ0) is 13.1. The van der Waals surface area contributed by atoms with Gasteiger partial charge in [-0.05, 0) is 19.9 Å². The van der Waals surface area contributed by atoms with E-state index in [1.165, 1.54) is 18.5 Å². The zero-order valence-electron chi connectivity index (χ0n) is 9.73. The molecule has 0 aliphatic heterocycles. The average Bonchev–Trinajstić information content (AvgIpc) is 2.14. The van der Waals surface area contributed by atoms with Crippen molar-refractivity contribution in [1.82, 2.24) is 10.3 Å². The molecule has 6 nitrogen and oxygen atoms in total. The topological polar surface area (TPSA) is 105 Å². The van der Waals surface area contributed by atoms with Gasteiger partial charge in [-0.2, -0.15) is 0 Å². The molecule has 0 atom stereocenters. The average molecular weight is 237 g/mol. The minimum Gasteiger partial charge on any atom is -0.506 e. The fourth-order valence-electron chi connectivity index (χ4n) is 1.41. The first kappa shape index (κ1) is 13.0. The number of aromatic nitrogens is 1. The molecular formula is C11H15N3O3. The van der Waals surface area contributed by atoms with Crippen molar-refractivity contribution in [2.24, 2.45) is 5.73 Å². The molecule has 0 aliphatic rings. The smallest absolute Gasteiger partial charge is 0.253 e. The van der Waals surface area contributed by atoms with Gasteiger partial charge in [-0.3, -0.25) is 14.6 Å². The third kappa shape index (κ3) is 4.10. The zero-order valence-corrected chi connectivity index (χ0v) is 9.73. The van der Waals surface area contributed by atoms with Crippen molar-refractivity contribution in [1.29, 1.82) is 0 Å². The molecule has 0 bridgehead atoms. The standard InChI is InChI=1S/C11H15N3O3/c1-11(2,4-9(12)16)14-10(17)7-3-8(15)6-13-5-7/h3,5-6,15H,4H2,1-2H3,(H2,12,16)(H,14,17). The number of hydrogen-bond acceptors (Lipinski definition) is 4. The van der Waals surface area contributed by atoms with Crippen molar-refractivity contribution < 1.29 is 14.7 Å². The van der Waals surface area contributed by atoms with Crippen LogP contribution in [0.2, 0.25) is 0 Å². The van der Waals surface area contributed by atoms with E-state index >= 15 is 0 Å². The van der Waals surface area contributed by atoms with Gasteiger partial charge in [0.1, 0.15) is 5.75 Å². The molecule has 17 heavy (non-hydrogen) atoms. The molecule has 0 saturated heterocycles. The maximum Gasteiger partial charge on any atom is 0.253 e. The summed E-state index contributed by atoms with van der Waals surface area (Å²) in [5, 5.41) is 11.8. The Bertz CT molecular complexity index is 443. The lowest BCUT2D eigenvalue weighted by molar-refractivity contribution is -0.119. The van der Waals surface area contributed by atoms with Crippen LogP contribution in [-0.2, 0) is 4.79 Å². The van der Waals surface area contributed by atoms with Crippen molar-refractivity contribution >= 4 is 11.8 Å². The van der Waals surface area contributed by atoms with Gasteiger partial charge in [0.25, 0.3) is 5.91 Å². The van der Waals surface area contributed by atoms with Crippen LogP contribution in [0.25, 0.3) is 0 Å². The molecule has 1 rings (SSSR count). The fraction of sp³-hybridized carbons (Fsp3) is 0.364. The van der Waals surface area contributed by atoms with Crippen LogP contribution in [0.4, 0.5) is 0 Å². The second-order valence-corrected chi connectivity index (χ2v) is 4.41. The van der Waals surface area contributed by atoms with E-state index in [0.29, 0.717) is 0 Å². The number of pyridine rings is 1. The number of nitrogens with one attached hydrogen (secondary N) is 1. The molecule has 0 aliphatic carbocycles. The van der Waals surface area contributed by atoms with Crippen molar-refractivity contribution in [3.63, 3.8) is 0 Å². The quantitative estimate of drug-likeness (QED) is 0.694. The lowest BCUT2D eigenvalue weighted by Gasteiger charge is -2.24. The Morgan fingerprint density at radius 2 is 2.12 bits per heavy atom. The molecule has 0 spiro atoms. The van der Waals surface area contributed by atoms with Crippen molar-refractivity contribution in [3.8, 4) is 5.75 Å². The molecular weight excluding hydrogens is 222 g/mol. The molecule has 1 heterocycles. The summed E-state index contributed by atoms with van der Waals surface area (Å²) in [4.78, 5) is 26.3. The van der Waals surface area contributed by atoms with Crippen LogP contribution in [-0.4, -0.2) is 27.4 Å². The van der Waals surface area contributed by atoms with Gasteiger partial charge in [0.05, 0.1) is 11.8 Å². The fourth-order valence-corrected chi connectivity index (χ4v) is 1.41. The first-order valence-electron chi connectivity index (χ1n) is 5.05. The summed E-state index contributed by atoms with van der Waals surface area (Å²) in [5.41, 5.74) is 4.56. The largest absolute Gasteiger partial charge is 0.506 e. The van der Waals surface area contributed by atoms with Crippen molar-refractivity contribution in [2.45, 2.75) is 25.8 Å². The van der Waals surface area contributed by atoms with Gasteiger partial charge in [-0.15, -0.1) is 0 Å². The van der Waals surface area contributed by atoms with E-state index < -0.39 is 17.4 Å². The lowest BCUT2D eigenvalue weighted by atomic mass is 10.00. The highest BCUT2D eigenvalue weighted by atomic mass is 16.3. The number of amides is 2. The molecule has 92 valence electrons. The molecule has 4 N–H and O–H groups in total. The molecule has 0 radical (unpaired) electrons. The highest BCUT2D eigenvalue weighted by Gasteiger charge is 2.23. The second kappa shape index (κ2) is 4.82. The summed E-state index contributed by atoms with van der Waals surface area (Å²) in [6, 6.07) is 1.29. The summed E-state index contributed by atoms with van der Waals surface area (Å²) in [6.45, 7) is 3.37. The predicted molar refractivity (Wildman–Crippen MR) is 61.3 cm³/mol. The summed E-state index contributed by atoms with van der Waals surface area (Å²) < 4.78 is 0. The number of primary amides is 1. The number of hydrogen-bond donors (Lipinski definition) is 3. The highest BCUT2D eigenvalue weighted by Crippen LogP contribution is 2.12. The molecule has 1 aromatic rings. The van der Waals surface area contributed by atoms with Crippen LogP contribution in [0, 0.1) is 0 Å². The normalized spacial score (nSPS) is 10.9. The lowest BCUT2D eigenvalue weighted by Crippen LogP contribution is -2.46. The molecule has 0 unspecified atom stereocenters. The summed E-state index contributed by atoms with van der Waals surface area (Å²) in [5.74, 6) is -1.01. The second-order valence-electron chi connectivity index (χ2n) is 4.41. The monoisotopic (exact) mass is 237 g/mol. The third-order valence-electron chi connectivity index (χ3n) is 2.05. The van der Waals surface area contributed by atoms with Gasteiger partial charge < -0.3 is 16.2 Å². The number of carbonyl (C=O) groups excluding carboxylic acids is 2. The Kier molecular flexibility index (Phi) is 3.67. The van der Waals surface area contributed by atoms with Crippen LogP contribution >= 0.6 is 0 Å². The molecule has 0 fully saturated rings. The summed E-state index contributed by atoms with van der Waals surface area (Å²) >= 11 is 0. The van der Waals surface area contributed by atoms with E-state index in [2.05, 4.69) is 10.3 Å². The number of nitrogens with zero attached hydrogens (tertiary/aromatic N) is 1. The van der Waals surface area contributed by atoms with Crippen LogP contribution in [0.1, 0.15) is 30.6 Å². The van der Waals surface area contributed by atoms with Gasteiger partial charge in [0.15, 0.2) is 0 Å². The molecule has 0 aromatic carbocycles. The van der Waals surface area contributed by atoms with Crippen LogP contribution in [0.3, 0.4) is 0 Å². The van der Waals surface area contributed by atoms with E-state index in [9.17, 15) is 14.7 Å². The number of nitrogens with two attached hydrogens (primary N) is 1. The number of rotatable bonds is 4. The minimum atomic E-state index is -0.742. The highest BCUT2D eigenvalue weighted by molar-refractivity contribution is 5.95. The van der Waals surface area contributed by atoms with E-state index in [4.69, 9.17) is 5.73 Å². The van der Waals surface area contributed by atoms with E-state index in [1.54, 1.807) is 13.8 Å².